The average molecular weight is 299 g/mol. The van der Waals surface area contributed by atoms with E-state index in [0.29, 0.717) is 37.0 Å². The summed E-state index contributed by atoms with van der Waals surface area (Å²) in [7, 11) is -0.848. The molecule has 0 aromatic carbocycles. The second-order valence-corrected chi connectivity index (χ2v) is 6.31. The van der Waals surface area contributed by atoms with Crippen molar-refractivity contribution in [2.75, 3.05) is 36.5 Å². The van der Waals surface area contributed by atoms with Gasteiger partial charge in [0.15, 0.2) is 0 Å². The summed E-state index contributed by atoms with van der Waals surface area (Å²) in [5.41, 5.74) is 0.242. The van der Waals surface area contributed by atoms with Crippen LogP contribution in [0.25, 0.3) is 0 Å². The Hall–Kier alpha value is -1.50. The highest BCUT2D eigenvalue weighted by molar-refractivity contribution is 7.85. The zero-order chi connectivity index (χ0) is 14.5. The Bertz CT molecular complexity index is 514. The molecule has 1 aliphatic rings. The van der Waals surface area contributed by atoms with Crippen molar-refractivity contribution in [1.82, 2.24) is 9.88 Å². The standard InChI is InChI=1S/C13H18FN3O2S/c1-2-3-15-12-11(8-10(14)9-16-12)13(18)17-4-6-20(19)7-5-17/h8-9H,2-7H2,1H3,(H,15,16). The first-order chi connectivity index (χ1) is 9.61. The van der Waals surface area contributed by atoms with Crippen molar-refractivity contribution in [2.24, 2.45) is 0 Å². The van der Waals surface area contributed by atoms with Crippen LogP contribution < -0.4 is 5.32 Å². The monoisotopic (exact) mass is 299 g/mol. The smallest absolute Gasteiger partial charge is 0.257 e. The molecule has 0 aliphatic carbocycles. The lowest BCUT2D eigenvalue weighted by Gasteiger charge is -2.27. The number of pyridine rings is 1. The van der Waals surface area contributed by atoms with Gasteiger partial charge in [-0.3, -0.25) is 9.00 Å². The van der Waals surface area contributed by atoms with Gasteiger partial charge >= 0.3 is 0 Å². The highest BCUT2D eigenvalue weighted by Gasteiger charge is 2.24. The maximum Gasteiger partial charge on any atom is 0.257 e. The number of rotatable bonds is 4. The third-order valence-corrected chi connectivity index (χ3v) is 4.37. The number of nitrogens with one attached hydrogen (secondary N) is 1. The zero-order valence-electron chi connectivity index (χ0n) is 11.4. The van der Waals surface area contributed by atoms with Crippen molar-refractivity contribution < 1.29 is 13.4 Å². The summed E-state index contributed by atoms with van der Waals surface area (Å²) in [6.45, 7) is 3.55. The van der Waals surface area contributed by atoms with Gasteiger partial charge in [0.2, 0.25) is 0 Å². The summed E-state index contributed by atoms with van der Waals surface area (Å²) in [5, 5.41) is 3.03. The van der Waals surface area contributed by atoms with E-state index < -0.39 is 16.6 Å². The predicted molar refractivity (Wildman–Crippen MR) is 76.8 cm³/mol. The summed E-state index contributed by atoms with van der Waals surface area (Å²) in [4.78, 5) is 18.0. The lowest BCUT2D eigenvalue weighted by atomic mass is 10.2. The van der Waals surface area contributed by atoms with Crippen LogP contribution in [0.4, 0.5) is 10.2 Å². The lowest BCUT2D eigenvalue weighted by Crippen LogP contribution is -2.42. The second-order valence-electron chi connectivity index (χ2n) is 4.62. The highest BCUT2D eigenvalue weighted by Crippen LogP contribution is 2.17. The number of carbonyl (C=O) groups is 1. The summed E-state index contributed by atoms with van der Waals surface area (Å²) in [6.07, 6.45) is 1.98. The van der Waals surface area contributed by atoms with Crippen LogP contribution in [0.5, 0.6) is 0 Å². The van der Waals surface area contributed by atoms with Gasteiger partial charge in [-0.1, -0.05) is 6.92 Å². The van der Waals surface area contributed by atoms with Crippen LogP contribution in [0.3, 0.4) is 0 Å². The summed E-state index contributed by atoms with van der Waals surface area (Å²) < 4.78 is 24.7. The lowest BCUT2D eigenvalue weighted by molar-refractivity contribution is 0.0771. The molecule has 1 aliphatic heterocycles. The van der Waals surface area contributed by atoms with Gasteiger partial charge < -0.3 is 10.2 Å². The Kier molecular flexibility index (Phi) is 5.05. The zero-order valence-corrected chi connectivity index (χ0v) is 12.2. The van der Waals surface area contributed by atoms with Gasteiger partial charge in [-0.2, -0.15) is 0 Å². The number of aromatic nitrogens is 1. The van der Waals surface area contributed by atoms with E-state index in [4.69, 9.17) is 0 Å². The van der Waals surface area contributed by atoms with Crippen LogP contribution in [-0.2, 0) is 10.8 Å². The van der Waals surface area contributed by atoms with Crippen LogP contribution in [0, 0.1) is 5.82 Å². The van der Waals surface area contributed by atoms with Gasteiger partial charge in [-0.15, -0.1) is 0 Å². The maximum atomic E-state index is 13.3. The summed E-state index contributed by atoms with van der Waals surface area (Å²) in [6, 6.07) is 1.21. The van der Waals surface area contributed by atoms with Gasteiger partial charge in [0, 0.05) is 41.9 Å². The fraction of sp³-hybridized carbons (Fsp3) is 0.538. The molecule has 1 aromatic rings. The molecule has 1 aromatic heterocycles. The molecule has 0 spiro atoms. The maximum absolute atomic E-state index is 13.3. The molecule has 2 heterocycles. The number of hydrogen-bond donors (Lipinski definition) is 1. The number of hydrogen-bond acceptors (Lipinski definition) is 4. The predicted octanol–water partition coefficient (Wildman–Crippen LogP) is 1.25. The van der Waals surface area contributed by atoms with Gasteiger partial charge in [0.25, 0.3) is 5.91 Å². The summed E-state index contributed by atoms with van der Waals surface area (Å²) >= 11 is 0. The summed E-state index contributed by atoms with van der Waals surface area (Å²) in [5.74, 6) is 0.575. The number of amides is 1. The SMILES string of the molecule is CCCNc1ncc(F)cc1C(=O)N1CCS(=O)CC1. The number of halogens is 1. The minimum absolute atomic E-state index is 0.242. The first-order valence-corrected chi connectivity index (χ1v) is 8.14. The first kappa shape index (κ1) is 14.9. The molecular formula is C13H18FN3O2S. The van der Waals surface area contributed by atoms with Crippen LogP contribution >= 0.6 is 0 Å². The van der Waals surface area contributed by atoms with Gasteiger partial charge in [-0.25, -0.2) is 9.37 Å². The molecule has 20 heavy (non-hydrogen) atoms. The van der Waals surface area contributed by atoms with Crippen molar-refractivity contribution in [2.45, 2.75) is 13.3 Å². The van der Waals surface area contributed by atoms with Gasteiger partial charge in [0.05, 0.1) is 11.8 Å². The van der Waals surface area contributed by atoms with E-state index in [9.17, 15) is 13.4 Å². The molecule has 110 valence electrons. The topological polar surface area (TPSA) is 62.3 Å². The molecule has 0 saturated carbocycles. The Morgan fingerprint density at radius 3 is 2.85 bits per heavy atom. The molecule has 0 radical (unpaired) electrons. The number of anilines is 1. The van der Waals surface area contributed by atoms with E-state index in [1.165, 1.54) is 6.07 Å². The Labute approximate surface area is 120 Å². The van der Waals surface area contributed by atoms with Crippen molar-refractivity contribution >= 4 is 22.5 Å². The Morgan fingerprint density at radius 1 is 1.50 bits per heavy atom. The van der Waals surface area contributed by atoms with Gasteiger partial charge in [-0.05, 0) is 12.5 Å². The fourth-order valence-corrected chi connectivity index (χ4v) is 3.05. The molecule has 0 unspecified atom stereocenters. The van der Waals surface area contributed by atoms with Crippen LogP contribution in [0.2, 0.25) is 0 Å². The van der Waals surface area contributed by atoms with Crippen molar-refractivity contribution in [3.8, 4) is 0 Å². The van der Waals surface area contributed by atoms with E-state index in [-0.39, 0.29) is 11.5 Å². The Balaban J connectivity index is 2.19. The molecular weight excluding hydrogens is 281 g/mol. The average Bonchev–Trinajstić information content (AvgIpc) is 2.46. The molecule has 1 fully saturated rings. The van der Waals surface area contributed by atoms with E-state index in [2.05, 4.69) is 10.3 Å². The molecule has 0 atom stereocenters. The second kappa shape index (κ2) is 6.78. The minimum atomic E-state index is -0.848. The van der Waals surface area contributed by atoms with E-state index in [0.717, 1.165) is 12.6 Å². The number of carbonyl (C=O) groups excluding carboxylic acids is 1. The van der Waals surface area contributed by atoms with Gasteiger partial charge in [0.1, 0.15) is 11.6 Å². The third-order valence-electron chi connectivity index (χ3n) is 3.09. The van der Waals surface area contributed by atoms with Crippen LogP contribution in [0.15, 0.2) is 12.3 Å². The number of nitrogens with zero attached hydrogens (tertiary/aromatic N) is 2. The fourth-order valence-electron chi connectivity index (χ4n) is 2.00. The van der Waals surface area contributed by atoms with E-state index in [1.54, 1.807) is 4.90 Å². The Morgan fingerprint density at radius 2 is 2.20 bits per heavy atom. The molecule has 1 N–H and O–H groups in total. The molecule has 0 bridgehead atoms. The molecule has 1 saturated heterocycles. The van der Waals surface area contributed by atoms with Crippen LogP contribution in [-0.4, -0.2) is 51.1 Å². The molecule has 5 nitrogen and oxygen atoms in total. The quantitative estimate of drug-likeness (QED) is 0.909. The molecule has 2 rings (SSSR count). The minimum Gasteiger partial charge on any atom is -0.369 e. The molecule has 7 heteroatoms. The van der Waals surface area contributed by atoms with Crippen molar-refractivity contribution in [3.63, 3.8) is 0 Å². The largest absolute Gasteiger partial charge is 0.369 e. The molecule has 1 amide bonds. The van der Waals surface area contributed by atoms with E-state index in [1.807, 2.05) is 6.92 Å². The first-order valence-electron chi connectivity index (χ1n) is 6.65. The van der Waals surface area contributed by atoms with E-state index >= 15 is 0 Å². The van der Waals surface area contributed by atoms with Crippen molar-refractivity contribution in [1.29, 1.82) is 0 Å². The third kappa shape index (κ3) is 3.53. The van der Waals surface area contributed by atoms with Crippen LogP contribution in [0.1, 0.15) is 23.7 Å². The van der Waals surface area contributed by atoms with Crippen molar-refractivity contribution in [3.05, 3.63) is 23.6 Å². The highest BCUT2D eigenvalue weighted by atomic mass is 32.2. The normalized spacial score (nSPS) is 16.2.